The molecule has 0 aliphatic heterocycles. The van der Waals surface area contributed by atoms with Crippen LogP contribution in [0.15, 0.2) is 24.3 Å². The third-order valence-electron chi connectivity index (χ3n) is 2.49. The Labute approximate surface area is 106 Å². The molecule has 96 valence electrons. The molecule has 18 heavy (non-hydrogen) atoms. The van der Waals surface area contributed by atoms with E-state index in [1.807, 2.05) is 6.92 Å². The molecule has 1 aromatic carbocycles. The molecule has 0 atom stereocenters. The molecule has 2 rings (SSSR count). The molecule has 2 N–H and O–H groups in total. The van der Waals surface area contributed by atoms with Crippen LogP contribution < -0.4 is 5.73 Å². The van der Waals surface area contributed by atoms with E-state index in [0.717, 1.165) is 23.6 Å². The molecular formula is C12H11F3N2S. The summed E-state index contributed by atoms with van der Waals surface area (Å²) in [5, 5.41) is 1.41. The molecule has 0 fully saturated rings. The molecule has 0 spiro atoms. The van der Waals surface area contributed by atoms with Crippen molar-refractivity contribution >= 4 is 16.3 Å². The fourth-order valence-corrected chi connectivity index (χ4v) is 2.35. The number of anilines is 1. The first-order valence-electron chi connectivity index (χ1n) is 5.34. The number of alkyl halides is 3. The second kappa shape index (κ2) is 4.61. The number of thiazole rings is 1. The van der Waals surface area contributed by atoms with Crippen molar-refractivity contribution in [2.24, 2.45) is 0 Å². The maximum absolute atomic E-state index is 12.4. The second-order valence-corrected chi connectivity index (χ2v) is 4.86. The summed E-state index contributed by atoms with van der Waals surface area (Å²) < 4.78 is 37.3. The van der Waals surface area contributed by atoms with Crippen molar-refractivity contribution in [2.45, 2.75) is 19.5 Å². The van der Waals surface area contributed by atoms with Gasteiger partial charge >= 0.3 is 6.18 Å². The lowest BCUT2D eigenvalue weighted by Gasteiger charge is -2.06. The summed E-state index contributed by atoms with van der Waals surface area (Å²) in [5.41, 5.74) is 6.30. The molecule has 1 heterocycles. The minimum atomic E-state index is -4.32. The van der Waals surface area contributed by atoms with Crippen LogP contribution in [-0.4, -0.2) is 4.98 Å². The summed E-state index contributed by atoms with van der Waals surface area (Å²) >= 11 is 1.36. The van der Waals surface area contributed by atoms with Crippen LogP contribution in [-0.2, 0) is 12.6 Å². The van der Waals surface area contributed by atoms with E-state index in [2.05, 4.69) is 4.98 Å². The summed E-state index contributed by atoms with van der Waals surface area (Å²) in [5.74, 6) is 0. The second-order valence-electron chi connectivity index (χ2n) is 3.75. The van der Waals surface area contributed by atoms with Crippen LogP contribution in [0.1, 0.15) is 17.5 Å². The zero-order valence-electron chi connectivity index (χ0n) is 9.58. The Balaban J connectivity index is 2.37. The molecule has 1 aromatic heterocycles. The quantitative estimate of drug-likeness (QED) is 0.898. The van der Waals surface area contributed by atoms with Gasteiger partial charge in [-0.15, -0.1) is 11.3 Å². The monoisotopic (exact) mass is 272 g/mol. The number of aryl methyl sites for hydroxylation is 1. The fraction of sp³-hybridized carbons (Fsp3) is 0.250. The highest BCUT2D eigenvalue weighted by molar-refractivity contribution is 7.16. The molecule has 0 bridgehead atoms. The lowest BCUT2D eigenvalue weighted by Crippen LogP contribution is -2.04. The van der Waals surface area contributed by atoms with Crippen molar-refractivity contribution in [3.63, 3.8) is 0 Å². The number of aromatic nitrogens is 1. The van der Waals surface area contributed by atoms with Gasteiger partial charge in [0.05, 0.1) is 10.6 Å². The van der Waals surface area contributed by atoms with E-state index in [1.54, 1.807) is 0 Å². The predicted octanol–water partition coefficient (Wildman–Crippen LogP) is 3.97. The van der Waals surface area contributed by atoms with E-state index < -0.39 is 11.7 Å². The maximum atomic E-state index is 12.4. The van der Waals surface area contributed by atoms with E-state index in [-0.39, 0.29) is 0 Å². The van der Waals surface area contributed by atoms with Gasteiger partial charge in [-0.3, -0.25) is 0 Å². The van der Waals surface area contributed by atoms with E-state index in [1.165, 1.54) is 23.5 Å². The normalized spacial score (nSPS) is 11.8. The van der Waals surface area contributed by atoms with Crippen LogP contribution >= 0.6 is 11.3 Å². The summed E-state index contributed by atoms with van der Waals surface area (Å²) in [6, 6.07) is 4.88. The van der Waals surface area contributed by atoms with Gasteiger partial charge in [-0.05, 0) is 18.6 Å². The third-order valence-corrected chi connectivity index (χ3v) is 3.51. The first-order chi connectivity index (χ1) is 8.41. The van der Waals surface area contributed by atoms with Crippen LogP contribution in [0.2, 0.25) is 0 Å². The zero-order valence-corrected chi connectivity index (χ0v) is 10.4. The topological polar surface area (TPSA) is 38.9 Å². The van der Waals surface area contributed by atoms with Gasteiger partial charge in [0.1, 0.15) is 10.7 Å². The fourth-order valence-electron chi connectivity index (χ4n) is 1.55. The largest absolute Gasteiger partial charge is 0.416 e. The number of nitrogens with two attached hydrogens (primary N) is 1. The van der Waals surface area contributed by atoms with Crippen LogP contribution in [0, 0.1) is 0 Å². The van der Waals surface area contributed by atoms with E-state index in [4.69, 9.17) is 5.73 Å². The average Bonchev–Trinajstić information content (AvgIpc) is 2.70. The molecule has 2 aromatic rings. The number of rotatable bonds is 2. The molecule has 0 aliphatic rings. The van der Waals surface area contributed by atoms with Crippen LogP contribution in [0.4, 0.5) is 18.2 Å². The van der Waals surface area contributed by atoms with Gasteiger partial charge in [-0.1, -0.05) is 19.1 Å². The van der Waals surface area contributed by atoms with Gasteiger partial charge in [-0.25, -0.2) is 4.98 Å². The average molecular weight is 272 g/mol. The number of hydrogen-bond donors (Lipinski definition) is 1. The zero-order chi connectivity index (χ0) is 13.3. The number of nitrogens with zero attached hydrogens (tertiary/aromatic N) is 1. The molecule has 0 saturated carbocycles. The molecule has 0 radical (unpaired) electrons. The van der Waals surface area contributed by atoms with Crippen LogP contribution in [0.5, 0.6) is 0 Å². The van der Waals surface area contributed by atoms with Crippen molar-refractivity contribution in [1.29, 1.82) is 0 Å². The van der Waals surface area contributed by atoms with Crippen LogP contribution in [0.3, 0.4) is 0 Å². The Morgan fingerprint density at radius 2 is 1.83 bits per heavy atom. The minimum absolute atomic E-state index is 0.534. The van der Waals surface area contributed by atoms with Gasteiger partial charge in [-0.2, -0.15) is 13.2 Å². The SMILES string of the molecule is CCc1nc(-c2ccc(C(F)(F)F)cc2)c(N)s1. The van der Waals surface area contributed by atoms with E-state index in [0.29, 0.717) is 16.3 Å². The van der Waals surface area contributed by atoms with Gasteiger partial charge in [0.15, 0.2) is 0 Å². The van der Waals surface area contributed by atoms with E-state index >= 15 is 0 Å². The van der Waals surface area contributed by atoms with Gasteiger partial charge in [0, 0.05) is 5.56 Å². The van der Waals surface area contributed by atoms with Crippen LogP contribution in [0.25, 0.3) is 11.3 Å². The smallest absolute Gasteiger partial charge is 0.389 e. The summed E-state index contributed by atoms with van der Waals surface area (Å²) in [6.07, 6.45) is -3.56. The van der Waals surface area contributed by atoms with Crippen molar-refractivity contribution in [3.8, 4) is 11.3 Å². The molecule has 0 aliphatic carbocycles. The number of hydrogen-bond acceptors (Lipinski definition) is 3. The Morgan fingerprint density at radius 1 is 1.22 bits per heavy atom. The lowest BCUT2D eigenvalue weighted by atomic mass is 10.1. The Morgan fingerprint density at radius 3 is 2.28 bits per heavy atom. The highest BCUT2D eigenvalue weighted by Crippen LogP contribution is 2.34. The first kappa shape index (κ1) is 12.9. The van der Waals surface area contributed by atoms with Crippen molar-refractivity contribution in [3.05, 3.63) is 34.8 Å². The molecule has 0 unspecified atom stereocenters. The van der Waals surface area contributed by atoms with Crippen molar-refractivity contribution in [2.75, 3.05) is 5.73 Å². The number of nitrogen functional groups attached to an aromatic ring is 1. The first-order valence-corrected chi connectivity index (χ1v) is 6.16. The molecule has 0 saturated heterocycles. The standard InChI is InChI=1S/C12H11F3N2S/c1-2-9-17-10(11(16)18-9)7-3-5-8(6-4-7)12(13,14)15/h3-6H,2,16H2,1H3. The Kier molecular flexibility index (Phi) is 3.30. The maximum Gasteiger partial charge on any atom is 0.416 e. The predicted molar refractivity (Wildman–Crippen MR) is 66.3 cm³/mol. The number of halogens is 3. The lowest BCUT2D eigenvalue weighted by molar-refractivity contribution is -0.137. The highest BCUT2D eigenvalue weighted by atomic mass is 32.1. The minimum Gasteiger partial charge on any atom is -0.389 e. The Bertz CT molecular complexity index is 543. The number of benzene rings is 1. The highest BCUT2D eigenvalue weighted by Gasteiger charge is 2.30. The van der Waals surface area contributed by atoms with Crippen molar-refractivity contribution < 1.29 is 13.2 Å². The molecule has 6 heteroatoms. The van der Waals surface area contributed by atoms with Gasteiger partial charge in [0.2, 0.25) is 0 Å². The van der Waals surface area contributed by atoms with Gasteiger partial charge in [0.25, 0.3) is 0 Å². The third kappa shape index (κ3) is 2.48. The molecular weight excluding hydrogens is 261 g/mol. The van der Waals surface area contributed by atoms with Crippen molar-refractivity contribution in [1.82, 2.24) is 4.98 Å². The summed E-state index contributed by atoms with van der Waals surface area (Å²) in [7, 11) is 0. The molecule has 2 nitrogen and oxygen atoms in total. The van der Waals surface area contributed by atoms with Gasteiger partial charge < -0.3 is 5.73 Å². The Hall–Kier alpha value is -1.56. The summed E-state index contributed by atoms with van der Waals surface area (Å²) in [4.78, 5) is 4.30. The molecule has 0 amide bonds. The van der Waals surface area contributed by atoms with E-state index in [9.17, 15) is 13.2 Å². The summed E-state index contributed by atoms with van der Waals surface area (Å²) in [6.45, 7) is 1.95.